The minimum Gasteiger partial charge on any atom is -0.464 e. The van der Waals surface area contributed by atoms with Crippen molar-refractivity contribution in [2.45, 2.75) is 32.7 Å². The third kappa shape index (κ3) is 3.06. The second-order valence-corrected chi connectivity index (χ2v) is 6.99. The average Bonchev–Trinajstić information content (AvgIpc) is 3.26. The maximum atomic E-state index is 12.5. The van der Waals surface area contributed by atoms with Crippen LogP contribution in [0.25, 0.3) is 0 Å². The van der Waals surface area contributed by atoms with Gasteiger partial charge in [-0.25, -0.2) is 9.48 Å². The van der Waals surface area contributed by atoms with Crippen molar-refractivity contribution < 1.29 is 14.3 Å². The molecular formula is C20H21N5O3. The first-order valence-corrected chi connectivity index (χ1v) is 9.02. The first-order chi connectivity index (χ1) is 13.5. The summed E-state index contributed by atoms with van der Waals surface area (Å²) < 4.78 is 6.64. The van der Waals surface area contributed by atoms with Gasteiger partial charge >= 0.3 is 5.97 Å². The van der Waals surface area contributed by atoms with Gasteiger partial charge in [0, 0.05) is 23.5 Å². The minimum absolute atomic E-state index is 0.125. The van der Waals surface area contributed by atoms with Crippen molar-refractivity contribution in [3.05, 3.63) is 64.1 Å². The van der Waals surface area contributed by atoms with E-state index in [1.54, 1.807) is 10.9 Å². The quantitative estimate of drug-likeness (QED) is 0.678. The Bertz CT molecular complexity index is 1070. The van der Waals surface area contributed by atoms with Crippen molar-refractivity contribution in [2.24, 2.45) is 0 Å². The van der Waals surface area contributed by atoms with Crippen LogP contribution in [0.4, 0.5) is 5.82 Å². The van der Waals surface area contributed by atoms with E-state index in [1.807, 2.05) is 32.0 Å². The van der Waals surface area contributed by atoms with Gasteiger partial charge in [-0.2, -0.15) is 10.2 Å². The smallest absolute Gasteiger partial charge is 0.356 e. The zero-order valence-corrected chi connectivity index (χ0v) is 15.9. The fraction of sp³-hybridized carbons (Fsp3) is 0.300. The summed E-state index contributed by atoms with van der Waals surface area (Å²) in [6.07, 6.45) is 1.80. The highest BCUT2D eigenvalue weighted by molar-refractivity contribution is 5.96. The number of benzene rings is 1. The summed E-state index contributed by atoms with van der Waals surface area (Å²) in [4.78, 5) is 24.5. The molecule has 0 fully saturated rings. The number of methoxy groups -OCH3 is 1. The Morgan fingerprint density at radius 2 is 2.18 bits per heavy atom. The number of carbonyl (C=O) groups is 2. The van der Waals surface area contributed by atoms with E-state index in [9.17, 15) is 9.59 Å². The summed E-state index contributed by atoms with van der Waals surface area (Å²) in [6, 6.07) is 8.17. The van der Waals surface area contributed by atoms with Gasteiger partial charge in [0.05, 0.1) is 25.5 Å². The summed E-state index contributed by atoms with van der Waals surface area (Å²) in [5.74, 6) is -0.287. The first-order valence-electron chi connectivity index (χ1n) is 9.02. The maximum absolute atomic E-state index is 12.5. The maximum Gasteiger partial charge on any atom is 0.356 e. The number of H-pyrrole nitrogens is 1. The van der Waals surface area contributed by atoms with Crippen LogP contribution in [0.3, 0.4) is 0 Å². The molecule has 0 spiro atoms. The normalized spacial score (nSPS) is 15.8. The molecule has 3 aromatic rings. The van der Waals surface area contributed by atoms with Gasteiger partial charge in [0.1, 0.15) is 11.5 Å². The number of hydrogen-bond donors (Lipinski definition) is 2. The largest absolute Gasteiger partial charge is 0.464 e. The molecule has 2 aromatic heterocycles. The summed E-state index contributed by atoms with van der Waals surface area (Å²) in [7, 11) is 1.32. The first kappa shape index (κ1) is 18.0. The van der Waals surface area contributed by atoms with Crippen LogP contribution in [0.2, 0.25) is 0 Å². The van der Waals surface area contributed by atoms with E-state index in [0.717, 1.165) is 16.8 Å². The number of anilines is 1. The van der Waals surface area contributed by atoms with E-state index in [4.69, 9.17) is 4.74 Å². The van der Waals surface area contributed by atoms with Crippen LogP contribution in [0.1, 0.15) is 50.8 Å². The number of ether oxygens (including phenoxy) is 1. The molecule has 0 saturated carbocycles. The number of aromatic amines is 1. The predicted molar refractivity (Wildman–Crippen MR) is 102 cm³/mol. The van der Waals surface area contributed by atoms with Crippen LogP contribution in [-0.4, -0.2) is 39.0 Å². The Morgan fingerprint density at radius 3 is 2.93 bits per heavy atom. The van der Waals surface area contributed by atoms with E-state index in [2.05, 4.69) is 26.7 Å². The molecule has 8 heteroatoms. The molecule has 0 radical (unpaired) electrons. The highest BCUT2D eigenvalue weighted by Crippen LogP contribution is 2.40. The van der Waals surface area contributed by atoms with Gasteiger partial charge in [-0.3, -0.25) is 9.89 Å². The number of rotatable bonds is 4. The van der Waals surface area contributed by atoms with E-state index >= 15 is 0 Å². The monoisotopic (exact) mass is 379 g/mol. The van der Waals surface area contributed by atoms with Crippen LogP contribution < -0.4 is 5.32 Å². The molecule has 0 bridgehead atoms. The zero-order valence-electron chi connectivity index (χ0n) is 15.9. The Hall–Kier alpha value is -3.42. The van der Waals surface area contributed by atoms with Crippen molar-refractivity contribution in [1.29, 1.82) is 0 Å². The summed E-state index contributed by atoms with van der Waals surface area (Å²) in [5.41, 5.74) is 4.88. The third-order valence-corrected chi connectivity index (χ3v) is 5.02. The van der Waals surface area contributed by atoms with Crippen molar-refractivity contribution >= 4 is 17.7 Å². The number of aryl methyl sites for hydroxylation is 2. The lowest BCUT2D eigenvalue weighted by Crippen LogP contribution is -2.26. The van der Waals surface area contributed by atoms with Gasteiger partial charge in [-0.15, -0.1) is 0 Å². The average molecular weight is 379 g/mol. The number of esters is 1. The van der Waals surface area contributed by atoms with Crippen LogP contribution >= 0.6 is 0 Å². The molecule has 8 nitrogen and oxygen atoms in total. The summed E-state index contributed by atoms with van der Waals surface area (Å²) in [6.45, 7) is 4.49. The van der Waals surface area contributed by atoms with Crippen LogP contribution in [-0.2, 0) is 16.1 Å². The molecule has 1 amide bonds. The molecule has 2 N–H and O–H groups in total. The molecule has 28 heavy (non-hydrogen) atoms. The molecule has 3 heterocycles. The topological polar surface area (TPSA) is 102 Å². The zero-order chi connectivity index (χ0) is 19.8. The van der Waals surface area contributed by atoms with Crippen molar-refractivity contribution in [3.8, 4) is 0 Å². The highest BCUT2D eigenvalue weighted by atomic mass is 16.5. The number of amides is 1. The predicted octanol–water partition coefficient (Wildman–Crippen LogP) is 2.53. The van der Waals surface area contributed by atoms with Crippen molar-refractivity contribution in [2.75, 3.05) is 12.4 Å². The van der Waals surface area contributed by atoms with Gasteiger partial charge in [0.25, 0.3) is 0 Å². The van der Waals surface area contributed by atoms with E-state index in [0.29, 0.717) is 17.9 Å². The third-order valence-electron chi connectivity index (χ3n) is 5.02. The molecule has 0 saturated heterocycles. The summed E-state index contributed by atoms with van der Waals surface area (Å²) in [5, 5.41) is 14.3. The number of nitrogens with zero attached hydrogens (tertiary/aromatic N) is 3. The SMILES string of the molecule is COC(=O)c1[nH]ncc1C1CC(=O)Nc2c1c(C)nn2Cc1cccc(C)c1. The lowest BCUT2D eigenvalue weighted by Gasteiger charge is -2.24. The number of nitrogens with one attached hydrogen (secondary N) is 2. The molecule has 1 aliphatic rings. The van der Waals surface area contributed by atoms with Gasteiger partial charge in [-0.1, -0.05) is 29.8 Å². The van der Waals surface area contributed by atoms with Crippen LogP contribution in [0.15, 0.2) is 30.5 Å². The number of aromatic nitrogens is 4. The minimum atomic E-state index is -0.509. The fourth-order valence-electron chi connectivity index (χ4n) is 3.80. The number of carbonyl (C=O) groups excluding carboxylic acids is 2. The van der Waals surface area contributed by atoms with E-state index < -0.39 is 5.97 Å². The Kier molecular flexibility index (Phi) is 4.46. The molecule has 1 atom stereocenters. The lowest BCUT2D eigenvalue weighted by atomic mass is 9.86. The molecule has 4 rings (SSSR count). The standard InChI is InChI=1S/C20H21N5O3/c1-11-5-4-6-13(7-11)10-25-19-17(12(2)24-25)14(8-16(26)22-19)15-9-21-23-18(15)20(27)28-3/h4-7,9,14H,8,10H2,1-3H3,(H,21,23)(H,22,26). The van der Waals surface area contributed by atoms with Gasteiger partial charge < -0.3 is 10.1 Å². The van der Waals surface area contributed by atoms with E-state index in [-0.39, 0.29) is 23.9 Å². The van der Waals surface area contributed by atoms with Crippen molar-refractivity contribution in [3.63, 3.8) is 0 Å². The van der Waals surface area contributed by atoms with Gasteiger partial charge in [0.2, 0.25) is 5.91 Å². The Morgan fingerprint density at radius 1 is 1.36 bits per heavy atom. The fourth-order valence-corrected chi connectivity index (χ4v) is 3.80. The molecule has 144 valence electrons. The van der Waals surface area contributed by atoms with Crippen LogP contribution in [0.5, 0.6) is 0 Å². The number of hydrogen-bond acceptors (Lipinski definition) is 5. The summed E-state index contributed by atoms with van der Waals surface area (Å²) >= 11 is 0. The van der Waals surface area contributed by atoms with Gasteiger partial charge in [0.15, 0.2) is 0 Å². The van der Waals surface area contributed by atoms with E-state index in [1.165, 1.54) is 12.7 Å². The molecular weight excluding hydrogens is 358 g/mol. The lowest BCUT2D eigenvalue weighted by molar-refractivity contribution is -0.116. The molecule has 1 unspecified atom stereocenters. The van der Waals surface area contributed by atoms with Crippen molar-refractivity contribution in [1.82, 2.24) is 20.0 Å². The number of fused-ring (bicyclic) bond motifs is 1. The Labute approximate surface area is 161 Å². The molecule has 1 aromatic carbocycles. The Balaban J connectivity index is 1.78. The second kappa shape index (κ2) is 6.95. The van der Waals surface area contributed by atoms with Crippen LogP contribution in [0, 0.1) is 13.8 Å². The van der Waals surface area contributed by atoms with Gasteiger partial charge in [-0.05, 0) is 19.4 Å². The highest BCUT2D eigenvalue weighted by Gasteiger charge is 2.35. The second-order valence-electron chi connectivity index (χ2n) is 6.99. The molecule has 0 aliphatic carbocycles. The molecule has 1 aliphatic heterocycles.